The van der Waals surface area contributed by atoms with E-state index in [2.05, 4.69) is 32.2 Å². The first-order chi connectivity index (χ1) is 13.4. The predicted molar refractivity (Wildman–Crippen MR) is 122 cm³/mol. The Labute approximate surface area is 177 Å². The first kappa shape index (κ1) is 19.4. The van der Waals surface area contributed by atoms with Crippen molar-refractivity contribution < 1.29 is 0 Å². The molecule has 0 spiro atoms. The Hall–Kier alpha value is -1.89. The number of rotatable bonds is 5. The predicted octanol–water partition coefficient (Wildman–Crippen LogP) is 6.62. The summed E-state index contributed by atoms with van der Waals surface area (Å²) in [5.74, 6) is 1.68. The summed E-state index contributed by atoms with van der Waals surface area (Å²) in [4.78, 5) is 15.5. The maximum atomic E-state index is 5.99. The fraction of sp³-hybridized carbons (Fsp3) is 0.286. The van der Waals surface area contributed by atoms with Crippen LogP contribution in [0.25, 0.3) is 20.4 Å². The first-order valence-corrected chi connectivity index (χ1v) is 11.3. The molecule has 3 aromatic heterocycles. The highest BCUT2D eigenvalue weighted by Crippen LogP contribution is 2.38. The zero-order valence-electron chi connectivity index (χ0n) is 16.2. The zero-order chi connectivity index (χ0) is 19.8. The van der Waals surface area contributed by atoms with Gasteiger partial charge >= 0.3 is 0 Å². The fourth-order valence-electron chi connectivity index (χ4n) is 3.12. The van der Waals surface area contributed by atoms with Gasteiger partial charge in [0.2, 0.25) is 0 Å². The highest BCUT2D eigenvalue weighted by Gasteiger charge is 2.17. The van der Waals surface area contributed by atoms with E-state index >= 15 is 0 Å². The molecule has 0 aliphatic rings. The van der Waals surface area contributed by atoms with Crippen LogP contribution in [0.4, 0.5) is 5.82 Å². The third-order valence-corrected chi connectivity index (χ3v) is 6.55. The molecule has 0 saturated carbocycles. The fourth-order valence-corrected chi connectivity index (χ4v) is 5.24. The van der Waals surface area contributed by atoms with E-state index in [1.165, 1.54) is 11.1 Å². The van der Waals surface area contributed by atoms with E-state index in [4.69, 9.17) is 26.6 Å². The van der Waals surface area contributed by atoms with Crippen molar-refractivity contribution in [2.24, 2.45) is 0 Å². The van der Waals surface area contributed by atoms with Gasteiger partial charge in [0.25, 0.3) is 0 Å². The Morgan fingerprint density at radius 3 is 2.57 bits per heavy atom. The Kier molecular flexibility index (Phi) is 5.45. The topological polar surface area (TPSA) is 50.7 Å². The van der Waals surface area contributed by atoms with Crippen molar-refractivity contribution in [1.29, 1.82) is 0 Å². The van der Waals surface area contributed by atoms with Crippen molar-refractivity contribution in [3.05, 3.63) is 52.2 Å². The summed E-state index contributed by atoms with van der Waals surface area (Å²) in [6.45, 7) is 8.40. The van der Waals surface area contributed by atoms with Crippen molar-refractivity contribution in [2.45, 2.75) is 44.6 Å². The molecule has 3 heterocycles. The molecule has 144 valence electrons. The third-order valence-electron chi connectivity index (χ3n) is 4.30. The highest BCUT2D eigenvalue weighted by atomic mass is 35.5. The summed E-state index contributed by atoms with van der Waals surface area (Å²) in [5, 5.41) is 6.14. The molecule has 0 bridgehead atoms. The number of nitrogens with zero attached hydrogens (tertiary/aromatic N) is 3. The number of thiophene rings is 1. The normalized spacial score (nSPS) is 11.6. The standard InChI is InChI=1S/C21H21ClN4S2/c1-11(2)23-19-18-17(16-12(3)9-13(4)24-20(16)28-18)25-21(26-19)27-10-14-5-7-15(22)8-6-14/h5-9,11H,10H2,1-4H3,(H,23,25,26). The van der Waals surface area contributed by atoms with Gasteiger partial charge in [0, 0.05) is 27.9 Å². The molecule has 0 aliphatic heterocycles. The van der Waals surface area contributed by atoms with Crippen LogP contribution >= 0.6 is 34.7 Å². The average Bonchev–Trinajstić information content (AvgIpc) is 2.99. The largest absolute Gasteiger partial charge is 0.367 e. The minimum absolute atomic E-state index is 0.285. The van der Waals surface area contributed by atoms with E-state index < -0.39 is 0 Å². The summed E-state index contributed by atoms with van der Waals surface area (Å²) in [7, 11) is 0. The second-order valence-electron chi connectivity index (χ2n) is 7.11. The van der Waals surface area contributed by atoms with Gasteiger partial charge in [-0.05, 0) is 57.0 Å². The minimum atomic E-state index is 0.285. The summed E-state index contributed by atoms with van der Waals surface area (Å²) in [5.41, 5.74) is 4.42. The van der Waals surface area contributed by atoms with Gasteiger partial charge in [-0.2, -0.15) is 0 Å². The van der Waals surface area contributed by atoms with Gasteiger partial charge in [-0.1, -0.05) is 35.5 Å². The lowest BCUT2D eigenvalue weighted by Gasteiger charge is -2.11. The lowest BCUT2D eigenvalue weighted by molar-refractivity contribution is 0.878. The van der Waals surface area contributed by atoms with Crippen LogP contribution in [-0.4, -0.2) is 21.0 Å². The lowest BCUT2D eigenvalue weighted by Crippen LogP contribution is -2.11. The molecular formula is C21H21ClN4S2. The molecule has 4 aromatic rings. The van der Waals surface area contributed by atoms with E-state index in [0.717, 1.165) is 47.9 Å². The molecule has 1 aromatic carbocycles. The number of thioether (sulfide) groups is 1. The van der Waals surface area contributed by atoms with Gasteiger partial charge in [0.15, 0.2) is 5.16 Å². The molecule has 0 amide bonds. The maximum Gasteiger partial charge on any atom is 0.190 e. The number of anilines is 1. The van der Waals surface area contributed by atoms with Crippen molar-refractivity contribution in [2.75, 3.05) is 5.32 Å². The molecule has 0 saturated heterocycles. The zero-order valence-corrected chi connectivity index (χ0v) is 18.6. The molecule has 0 fully saturated rings. The van der Waals surface area contributed by atoms with Gasteiger partial charge < -0.3 is 5.32 Å². The SMILES string of the molecule is Cc1cc(C)c2c(n1)sc1c(NC(C)C)nc(SCc3ccc(Cl)cc3)nc12. The maximum absolute atomic E-state index is 5.99. The molecule has 0 aliphatic carbocycles. The van der Waals surface area contributed by atoms with Gasteiger partial charge in [-0.25, -0.2) is 15.0 Å². The summed E-state index contributed by atoms with van der Waals surface area (Å²) >= 11 is 9.28. The van der Waals surface area contributed by atoms with Gasteiger partial charge in [-0.15, -0.1) is 11.3 Å². The Bertz CT molecular complexity index is 1150. The van der Waals surface area contributed by atoms with E-state index in [-0.39, 0.29) is 6.04 Å². The second-order valence-corrected chi connectivity index (χ2v) is 9.49. The van der Waals surface area contributed by atoms with Crippen molar-refractivity contribution in [1.82, 2.24) is 15.0 Å². The van der Waals surface area contributed by atoms with E-state index in [9.17, 15) is 0 Å². The molecule has 4 nitrogen and oxygen atoms in total. The van der Waals surface area contributed by atoms with Crippen LogP contribution in [0.1, 0.15) is 30.7 Å². The number of hydrogen-bond acceptors (Lipinski definition) is 6. The number of benzene rings is 1. The van der Waals surface area contributed by atoms with Crippen molar-refractivity contribution in [3.63, 3.8) is 0 Å². The molecule has 0 radical (unpaired) electrons. The molecule has 0 atom stereocenters. The van der Waals surface area contributed by atoms with Crippen LogP contribution in [-0.2, 0) is 5.75 Å². The van der Waals surface area contributed by atoms with E-state index in [1.807, 2.05) is 31.2 Å². The van der Waals surface area contributed by atoms with Crippen LogP contribution in [0.15, 0.2) is 35.5 Å². The average molecular weight is 429 g/mol. The van der Waals surface area contributed by atoms with Crippen LogP contribution in [0.5, 0.6) is 0 Å². The third kappa shape index (κ3) is 3.95. The van der Waals surface area contributed by atoms with Crippen molar-refractivity contribution >= 4 is 61.0 Å². The summed E-state index contributed by atoms with van der Waals surface area (Å²) in [6, 6.07) is 10.3. The number of aryl methyl sites for hydroxylation is 2. The molecule has 7 heteroatoms. The molecular weight excluding hydrogens is 408 g/mol. The Morgan fingerprint density at radius 1 is 1.11 bits per heavy atom. The number of pyridine rings is 1. The Balaban J connectivity index is 1.80. The van der Waals surface area contributed by atoms with Crippen LogP contribution in [0, 0.1) is 13.8 Å². The van der Waals surface area contributed by atoms with Crippen LogP contribution < -0.4 is 5.32 Å². The number of halogens is 1. The Morgan fingerprint density at radius 2 is 1.86 bits per heavy atom. The molecule has 1 N–H and O–H groups in total. The molecule has 4 rings (SSSR count). The van der Waals surface area contributed by atoms with Crippen LogP contribution in [0.3, 0.4) is 0 Å². The van der Waals surface area contributed by atoms with Gasteiger partial charge in [0.1, 0.15) is 10.6 Å². The number of aromatic nitrogens is 3. The lowest BCUT2D eigenvalue weighted by atomic mass is 10.1. The van der Waals surface area contributed by atoms with Crippen molar-refractivity contribution in [3.8, 4) is 0 Å². The minimum Gasteiger partial charge on any atom is -0.367 e. The van der Waals surface area contributed by atoms with Gasteiger partial charge in [-0.3, -0.25) is 0 Å². The summed E-state index contributed by atoms with van der Waals surface area (Å²) < 4.78 is 1.07. The first-order valence-electron chi connectivity index (χ1n) is 9.13. The van der Waals surface area contributed by atoms with E-state index in [0.29, 0.717) is 0 Å². The quantitative estimate of drug-likeness (QED) is 0.286. The van der Waals surface area contributed by atoms with E-state index in [1.54, 1.807) is 23.1 Å². The summed E-state index contributed by atoms with van der Waals surface area (Å²) in [6.07, 6.45) is 0. The smallest absolute Gasteiger partial charge is 0.190 e. The van der Waals surface area contributed by atoms with Gasteiger partial charge in [0.05, 0.1) is 10.2 Å². The second kappa shape index (κ2) is 7.85. The number of nitrogens with one attached hydrogen (secondary N) is 1. The van der Waals surface area contributed by atoms with Crippen LogP contribution in [0.2, 0.25) is 5.02 Å². The number of hydrogen-bond donors (Lipinski definition) is 1. The number of fused-ring (bicyclic) bond motifs is 3. The highest BCUT2D eigenvalue weighted by molar-refractivity contribution is 7.98. The molecule has 28 heavy (non-hydrogen) atoms. The molecule has 0 unspecified atom stereocenters. The monoisotopic (exact) mass is 428 g/mol.